The lowest BCUT2D eigenvalue weighted by molar-refractivity contribution is -0.524. The van der Waals surface area contributed by atoms with E-state index in [1.54, 1.807) is 0 Å². The molecular weight excluding hydrogens is 311 g/mol. The van der Waals surface area contributed by atoms with Crippen LogP contribution in [-0.2, 0) is 20.2 Å². The summed E-state index contributed by atoms with van der Waals surface area (Å²) in [6.07, 6.45) is -5.55. The van der Waals surface area contributed by atoms with E-state index in [1.165, 1.54) is 24.3 Å². The second kappa shape index (κ2) is 5.48. The maximum atomic E-state index is 13.5. The van der Waals surface area contributed by atoms with Gasteiger partial charge in [0, 0.05) is 5.56 Å². The smallest absolute Gasteiger partial charge is 0.323 e. The standard InChI is InChI=1S/C16H16F3NO3/c1-2-7-14-9-21-16(22-10-14,23-13(14)15(17,18)19)12-5-3-11(8-20)4-6-12/h3-6,13H,2,7,9-10H2,1H3. The molecule has 0 aliphatic carbocycles. The molecule has 3 heterocycles. The Kier molecular flexibility index (Phi) is 3.87. The molecule has 3 fully saturated rings. The summed E-state index contributed by atoms with van der Waals surface area (Å²) in [4.78, 5) is 0. The Morgan fingerprint density at radius 3 is 2.30 bits per heavy atom. The Bertz CT molecular complexity index is 613. The van der Waals surface area contributed by atoms with Gasteiger partial charge in [-0.15, -0.1) is 0 Å². The number of rotatable bonds is 3. The summed E-state index contributed by atoms with van der Waals surface area (Å²) >= 11 is 0. The molecule has 3 saturated heterocycles. The second-order valence-electron chi connectivity index (χ2n) is 5.97. The SMILES string of the molecule is CCCC12COC(c3ccc(C#N)cc3)(OC1)OC2C(F)(F)F. The molecule has 1 atom stereocenters. The molecule has 1 aromatic rings. The van der Waals surface area contributed by atoms with Crippen molar-refractivity contribution in [3.05, 3.63) is 35.4 Å². The Morgan fingerprint density at radius 2 is 1.83 bits per heavy atom. The maximum absolute atomic E-state index is 13.5. The van der Waals surface area contributed by atoms with Crippen LogP contribution in [0.2, 0.25) is 0 Å². The number of nitriles is 1. The van der Waals surface area contributed by atoms with Crippen LogP contribution in [0.1, 0.15) is 30.9 Å². The molecule has 0 N–H and O–H groups in total. The molecule has 124 valence electrons. The average Bonchev–Trinajstić information content (AvgIpc) is 2.55. The molecule has 3 aliphatic heterocycles. The first-order chi connectivity index (χ1) is 10.9. The summed E-state index contributed by atoms with van der Waals surface area (Å²) in [6, 6.07) is 7.91. The van der Waals surface area contributed by atoms with E-state index in [0.717, 1.165) is 0 Å². The van der Waals surface area contributed by atoms with Gasteiger partial charge in [0.25, 0.3) is 0 Å². The number of ether oxygens (including phenoxy) is 3. The van der Waals surface area contributed by atoms with Gasteiger partial charge in [-0.05, 0) is 30.7 Å². The normalized spacial score (nSPS) is 33.4. The lowest BCUT2D eigenvalue weighted by atomic mass is 9.76. The fourth-order valence-electron chi connectivity index (χ4n) is 3.23. The van der Waals surface area contributed by atoms with Crippen LogP contribution in [-0.4, -0.2) is 25.5 Å². The lowest BCUT2D eigenvalue weighted by Gasteiger charge is -2.56. The van der Waals surface area contributed by atoms with Gasteiger partial charge in [-0.3, -0.25) is 0 Å². The number of nitrogens with zero attached hydrogens (tertiary/aromatic N) is 1. The van der Waals surface area contributed by atoms with Crippen molar-refractivity contribution in [2.24, 2.45) is 5.41 Å². The first-order valence-electron chi connectivity index (χ1n) is 7.38. The van der Waals surface area contributed by atoms with E-state index in [-0.39, 0.29) is 13.2 Å². The van der Waals surface area contributed by atoms with Gasteiger partial charge in [0.2, 0.25) is 0 Å². The zero-order valence-electron chi connectivity index (χ0n) is 12.5. The zero-order valence-corrected chi connectivity index (χ0v) is 12.5. The van der Waals surface area contributed by atoms with Gasteiger partial charge >= 0.3 is 12.1 Å². The molecule has 1 unspecified atom stereocenters. The molecule has 3 aliphatic rings. The summed E-state index contributed by atoms with van der Waals surface area (Å²) in [7, 11) is 0. The molecule has 2 bridgehead atoms. The number of fused-ring (bicyclic) bond motifs is 3. The molecule has 1 aromatic carbocycles. The molecule has 0 radical (unpaired) electrons. The highest BCUT2D eigenvalue weighted by Gasteiger charge is 2.66. The number of benzene rings is 1. The monoisotopic (exact) mass is 327 g/mol. The van der Waals surface area contributed by atoms with Gasteiger partial charge in [0.05, 0.1) is 30.3 Å². The molecule has 0 amide bonds. The van der Waals surface area contributed by atoms with Gasteiger partial charge in [-0.2, -0.15) is 18.4 Å². The van der Waals surface area contributed by atoms with E-state index in [0.29, 0.717) is 24.0 Å². The topological polar surface area (TPSA) is 51.5 Å². The lowest BCUT2D eigenvalue weighted by Crippen LogP contribution is -2.66. The van der Waals surface area contributed by atoms with Crippen molar-refractivity contribution in [1.29, 1.82) is 5.26 Å². The number of hydrogen-bond donors (Lipinski definition) is 0. The van der Waals surface area contributed by atoms with Crippen molar-refractivity contribution in [3.8, 4) is 6.07 Å². The highest BCUT2D eigenvalue weighted by molar-refractivity contribution is 5.33. The maximum Gasteiger partial charge on any atom is 0.415 e. The van der Waals surface area contributed by atoms with Crippen LogP contribution in [0.5, 0.6) is 0 Å². The Hall–Kier alpha value is -1.62. The van der Waals surface area contributed by atoms with E-state index in [1.807, 2.05) is 13.0 Å². The van der Waals surface area contributed by atoms with Crippen LogP contribution in [0.3, 0.4) is 0 Å². The van der Waals surface area contributed by atoms with E-state index >= 15 is 0 Å². The van der Waals surface area contributed by atoms with Crippen LogP contribution in [0.4, 0.5) is 13.2 Å². The highest BCUT2D eigenvalue weighted by Crippen LogP contribution is 2.54. The minimum atomic E-state index is -4.50. The summed E-state index contributed by atoms with van der Waals surface area (Å²) in [5.74, 6) is -1.86. The predicted octanol–water partition coefficient (Wildman–Crippen LogP) is 3.46. The van der Waals surface area contributed by atoms with Crippen molar-refractivity contribution >= 4 is 0 Å². The Labute approximate surface area is 131 Å². The van der Waals surface area contributed by atoms with Crippen molar-refractivity contribution in [2.75, 3.05) is 13.2 Å². The summed E-state index contributed by atoms with van der Waals surface area (Å²) in [5, 5.41) is 8.82. The second-order valence-corrected chi connectivity index (χ2v) is 5.97. The number of halogens is 3. The van der Waals surface area contributed by atoms with E-state index in [4.69, 9.17) is 19.5 Å². The Balaban J connectivity index is 1.96. The van der Waals surface area contributed by atoms with E-state index < -0.39 is 23.7 Å². The molecule has 4 nitrogen and oxygen atoms in total. The summed E-state index contributed by atoms with van der Waals surface area (Å²) in [5.41, 5.74) is -0.499. The number of hydrogen-bond acceptors (Lipinski definition) is 4. The summed E-state index contributed by atoms with van der Waals surface area (Å²) < 4.78 is 56.9. The highest BCUT2D eigenvalue weighted by atomic mass is 19.4. The predicted molar refractivity (Wildman–Crippen MR) is 73.0 cm³/mol. The minimum absolute atomic E-state index is 0.0784. The van der Waals surface area contributed by atoms with Crippen LogP contribution in [0, 0.1) is 16.7 Å². The van der Waals surface area contributed by atoms with Gasteiger partial charge in [-0.1, -0.05) is 13.3 Å². The van der Waals surface area contributed by atoms with Crippen LogP contribution in [0.15, 0.2) is 24.3 Å². The van der Waals surface area contributed by atoms with Crippen molar-refractivity contribution in [2.45, 2.75) is 38.0 Å². The van der Waals surface area contributed by atoms with Crippen LogP contribution < -0.4 is 0 Å². The molecular formula is C16H16F3NO3. The molecule has 0 spiro atoms. The third-order valence-electron chi connectivity index (χ3n) is 4.34. The molecule has 4 rings (SSSR count). The molecule has 7 heteroatoms. The zero-order chi connectivity index (χ0) is 16.7. The summed E-state index contributed by atoms with van der Waals surface area (Å²) in [6.45, 7) is 1.66. The fourth-order valence-corrected chi connectivity index (χ4v) is 3.23. The van der Waals surface area contributed by atoms with Gasteiger partial charge in [-0.25, -0.2) is 0 Å². The third-order valence-corrected chi connectivity index (χ3v) is 4.34. The number of alkyl halides is 3. The van der Waals surface area contributed by atoms with Crippen molar-refractivity contribution in [3.63, 3.8) is 0 Å². The molecule has 0 saturated carbocycles. The third kappa shape index (κ3) is 2.61. The van der Waals surface area contributed by atoms with Gasteiger partial charge in [0.1, 0.15) is 0 Å². The van der Waals surface area contributed by atoms with Crippen LogP contribution in [0.25, 0.3) is 0 Å². The van der Waals surface area contributed by atoms with E-state index in [9.17, 15) is 13.2 Å². The largest absolute Gasteiger partial charge is 0.415 e. The molecule has 0 aromatic heterocycles. The van der Waals surface area contributed by atoms with Gasteiger partial charge in [0.15, 0.2) is 6.10 Å². The first-order valence-corrected chi connectivity index (χ1v) is 7.38. The molecule has 23 heavy (non-hydrogen) atoms. The minimum Gasteiger partial charge on any atom is -0.323 e. The van der Waals surface area contributed by atoms with Gasteiger partial charge < -0.3 is 14.2 Å². The quantitative estimate of drug-likeness (QED) is 0.853. The Morgan fingerprint density at radius 1 is 1.22 bits per heavy atom. The van der Waals surface area contributed by atoms with Crippen LogP contribution >= 0.6 is 0 Å². The van der Waals surface area contributed by atoms with Crippen molar-refractivity contribution in [1.82, 2.24) is 0 Å². The first kappa shape index (κ1) is 16.2. The van der Waals surface area contributed by atoms with E-state index in [2.05, 4.69) is 0 Å². The average molecular weight is 327 g/mol. The fraction of sp³-hybridized carbons (Fsp3) is 0.562. The van der Waals surface area contributed by atoms with Crippen molar-refractivity contribution < 1.29 is 27.4 Å².